The van der Waals surface area contributed by atoms with Gasteiger partial charge in [-0.3, -0.25) is 0 Å². The fraction of sp³-hybridized carbons (Fsp3) is 0. The van der Waals surface area contributed by atoms with E-state index in [9.17, 15) is 0 Å². The summed E-state index contributed by atoms with van der Waals surface area (Å²) in [5, 5.41) is 9.66. The number of hydrogen-bond donors (Lipinski definition) is 0. The van der Waals surface area contributed by atoms with Crippen molar-refractivity contribution in [1.82, 2.24) is 18.3 Å². The third-order valence-corrected chi connectivity index (χ3v) is 17.8. The lowest BCUT2D eigenvalue weighted by molar-refractivity contribution is 1.15. The molecule has 0 spiro atoms. The molecule has 6 heteroatoms. The molecule has 0 saturated heterocycles. The average Bonchev–Trinajstić information content (AvgIpc) is 2.00. The highest BCUT2D eigenvalue weighted by Gasteiger charge is 2.28. The van der Waals surface area contributed by atoms with Crippen LogP contribution in [0.15, 0.2) is 315 Å². The Bertz CT molecular complexity index is 4940. The first-order valence-electron chi connectivity index (χ1n) is 29.1. The lowest BCUT2D eigenvalue weighted by Gasteiger charge is -2.16. The van der Waals surface area contributed by atoms with Gasteiger partial charge in [0.05, 0.1) is 44.1 Å². The zero-order chi connectivity index (χ0) is 55.2. The van der Waals surface area contributed by atoms with E-state index in [-0.39, 0.29) is 13.4 Å². The van der Waals surface area contributed by atoms with Gasteiger partial charge >= 0.3 is 0 Å². The molecule has 4 aromatic heterocycles. The predicted octanol–water partition coefficient (Wildman–Crippen LogP) is 15.1. The summed E-state index contributed by atoms with van der Waals surface area (Å²) in [5.74, 6) is 0. The molecule has 0 saturated carbocycles. The molecule has 4 heterocycles. The number of aromatic nitrogens is 4. The number of hydrogen-bond acceptors (Lipinski definition) is 0. The fourth-order valence-electron chi connectivity index (χ4n) is 14.2. The van der Waals surface area contributed by atoms with E-state index < -0.39 is 0 Å². The van der Waals surface area contributed by atoms with Crippen LogP contribution in [0.2, 0.25) is 0 Å². The van der Waals surface area contributed by atoms with Gasteiger partial charge in [0, 0.05) is 65.8 Å². The van der Waals surface area contributed by atoms with Crippen molar-refractivity contribution in [2.75, 3.05) is 0 Å². The van der Waals surface area contributed by atoms with Gasteiger partial charge in [-0.05, 0) is 84.9 Å². The minimum Gasteiger partial charge on any atom is -0.309 e. The Labute approximate surface area is 487 Å². The summed E-state index contributed by atoms with van der Waals surface area (Å²) in [6.45, 7) is 0.0485. The van der Waals surface area contributed by atoms with E-state index in [1.807, 2.05) is 0 Å². The molecule has 13 aromatic carbocycles. The molecule has 390 valence electrons. The van der Waals surface area contributed by atoms with E-state index in [4.69, 9.17) is 0 Å². The second-order valence-corrected chi connectivity index (χ2v) is 22.4. The van der Waals surface area contributed by atoms with Crippen molar-refractivity contribution in [3.05, 3.63) is 315 Å². The number of fused-ring (bicyclic) bond motifs is 13. The smallest absolute Gasteiger partial charge is 0.241 e. The largest absolute Gasteiger partial charge is 0.309 e. The summed E-state index contributed by atoms with van der Waals surface area (Å²) in [6.07, 6.45) is 0. The first kappa shape index (κ1) is 47.9. The maximum Gasteiger partial charge on any atom is 0.241 e. The van der Waals surface area contributed by atoms with Gasteiger partial charge in [0.25, 0.3) is 0 Å². The van der Waals surface area contributed by atoms with Crippen molar-refractivity contribution in [2.24, 2.45) is 0 Å². The van der Waals surface area contributed by atoms with E-state index >= 15 is 0 Å². The molecule has 0 N–H and O–H groups in total. The standard InChI is InChI=1S/C78H52B2N4/c1-7-23-53(24-8-1)79(54-25-9-2-10-26-54)57-39-45-75-67(49-57)65-43-44-66-68-50-58(80(55-27-11-3-12-28-55)56-29-13-4-14-30-56)40-46-76(68)84(62-42-48-74-70(52-62)64-36-20-22-38-72(64)82(74)60-33-17-6-18-34-60)78(66)77(65)83(75)61-41-47-73-69(51-61)63-35-19-21-37-71(63)81(73)59-31-15-5-16-32-59/h1-52H. The molecular formula is C78H52B2N4. The molecule has 0 aliphatic rings. The summed E-state index contributed by atoms with van der Waals surface area (Å²) < 4.78 is 9.99. The van der Waals surface area contributed by atoms with E-state index in [0.717, 1.165) is 44.8 Å². The zero-order valence-corrected chi connectivity index (χ0v) is 46.0. The van der Waals surface area contributed by atoms with Gasteiger partial charge in [-0.25, -0.2) is 0 Å². The van der Waals surface area contributed by atoms with E-state index in [1.165, 1.54) is 97.9 Å². The maximum atomic E-state index is 2.58. The molecule has 0 unspecified atom stereocenters. The van der Waals surface area contributed by atoms with Crippen LogP contribution in [-0.2, 0) is 0 Å². The highest BCUT2D eigenvalue weighted by Crippen LogP contribution is 2.44. The van der Waals surface area contributed by atoms with Gasteiger partial charge in [-0.2, -0.15) is 0 Å². The van der Waals surface area contributed by atoms with Crippen LogP contribution in [0.4, 0.5) is 0 Å². The van der Waals surface area contributed by atoms with Crippen LogP contribution in [0.1, 0.15) is 0 Å². The summed E-state index contributed by atoms with van der Waals surface area (Å²) >= 11 is 0. The maximum absolute atomic E-state index is 2.58. The van der Waals surface area contributed by atoms with Gasteiger partial charge in [0.1, 0.15) is 0 Å². The van der Waals surface area contributed by atoms with Crippen molar-refractivity contribution in [2.45, 2.75) is 0 Å². The van der Waals surface area contributed by atoms with E-state index in [0.29, 0.717) is 0 Å². The second kappa shape index (κ2) is 19.4. The predicted molar refractivity (Wildman–Crippen MR) is 359 cm³/mol. The molecule has 84 heavy (non-hydrogen) atoms. The van der Waals surface area contributed by atoms with Crippen molar-refractivity contribution in [1.29, 1.82) is 0 Å². The summed E-state index contributed by atoms with van der Waals surface area (Å²) in [6, 6.07) is 117. The third kappa shape index (κ3) is 7.50. The van der Waals surface area contributed by atoms with Crippen LogP contribution in [0, 0.1) is 0 Å². The normalized spacial score (nSPS) is 11.8. The lowest BCUT2D eigenvalue weighted by Crippen LogP contribution is -2.51. The Morgan fingerprint density at radius 2 is 0.452 bits per heavy atom. The molecule has 0 radical (unpaired) electrons. The van der Waals surface area contributed by atoms with Crippen LogP contribution in [0.5, 0.6) is 0 Å². The van der Waals surface area contributed by atoms with Crippen molar-refractivity contribution < 1.29 is 0 Å². The van der Waals surface area contributed by atoms with Crippen LogP contribution in [0.3, 0.4) is 0 Å². The van der Waals surface area contributed by atoms with Crippen LogP contribution in [-0.4, -0.2) is 31.7 Å². The first-order valence-corrected chi connectivity index (χ1v) is 29.1. The first-order chi connectivity index (χ1) is 41.7. The molecule has 17 aromatic rings. The van der Waals surface area contributed by atoms with Gasteiger partial charge < -0.3 is 18.3 Å². The summed E-state index contributed by atoms with van der Waals surface area (Å²) in [7, 11) is 0. The van der Waals surface area contributed by atoms with Crippen LogP contribution >= 0.6 is 0 Å². The molecule has 17 rings (SSSR count). The topological polar surface area (TPSA) is 19.7 Å². The monoisotopic (exact) mass is 1070 g/mol. The van der Waals surface area contributed by atoms with Crippen LogP contribution < -0.4 is 32.8 Å². The average molecular weight is 1070 g/mol. The molecule has 0 aliphatic heterocycles. The van der Waals surface area contributed by atoms with Gasteiger partial charge in [0.15, 0.2) is 0 Å². The zero-order valence-electron chi connectivity index (χ0n) is 46.0. The lowest BCUT2D eigenvalue weighted by atomic mass is 9.37. The number of nitrogens with zero attached hydrogens (tertiary/aromatic N) is 4. The number of benzene rings is 13. The number of rotatable bonds is 10. The highest BCUT2D eigenvalue weighted by atomic mass is 15.1. The number of para-hydroxylation sites is 4. The Morgan fingerprint density at radius 1 is 0.167 bits per heavy atom. The molecule has 0 atom stereocenters. The highest BCUT2D eigenvalue weighted by molar-refractivity contribution is 6.96. The molecule has 0 amide bonds. The van der Waals surface area contributed by atoms with Gasteiger partial charge in [-0.15, -0.1) is 0 Å². The third-order valence-electron chi connectivity index (χ3n) is 17.8. The Morgan fingerprint density at radius 3 is 0.821 bits per heavy atom. The minimum atomic E-state index is 0.0242. The van der Waals surface area contributed by atoms with Crippen molar-refractivity contribution in [3.8, 4) is 22.7 Å². The molecule has 4 nitrogen and oxygen atoms in total. The van der Waals surface area contributed by atoms with E-state index in [1.54, 1.807) is 0 Å². The van der Waals surface area contributed by atoms with Gasteiger partial charge in [-0.1, -0.05) is 263 Å². The molecule has 0 bridgehead atoms. The fourth-order valence-corrected chi connectivity index (χ4v) is 14.2. The second-order valence-electron chi connectivity index (χ2n) is 22.4. The summed E-state index contributed by atoms with van der Waals surface area (Å²) in [5.41, 5.74) is 21.4. The SMILES string of the molecule is c1ccc(B(c2ccccc2)c2ccc3c(c2)c2ccc4c5cc(B(c6ccccc6)c6ccccc6)ccc5n(-c5ccc6c(c5)c5ccccc5n6-c5ccccc5)c4c2n3-c2ccc3c(c2)c2ccccc2n3-c2ccccc2)cc1. The molecule has 0 fully saturated rings. The van der Waals surface area contributed by atoms with Crippen molar-refractivity contribution >= 4 is 133 Å². The molecular weight excluding hydrogens is 1010 g/mol. The molecule has 0 aliphatic carbocycles. The Hall–Kier alpha value is -10.8. The Balaban J connectivity index is 1.01. The van der Waals surface area contributed by atoms with Crippen LogP contribution in [0.25, 0.3) is 110 Å². The van der Waals surface area contributed by atoms with Crippen molar-refractivity contribution in [3.63, 3.8) is 0 Å². The van der Waals surface area contributed by atoms with E-state index in [2.05, 4.69) is 334 Å². The Kier molecular flexibility index (Phi) is 11.1. The quantitative estimate of drug-likeness (QED) is 0.122. The van der Waals surface area contributed by atoms with Gasteiger partial charge in [0.2, 0.25) is 13.4 Å². The summed E-state index contributed by atoms with van der Waals surface area (Å²) in [4.78, 5) is 0. The minimum absolute atomic E-state index is 0.0242.